The topological polar surface area (TPSA) is 77.7 Å². The average molecular weight is 572 g/mol. The van der Waals surface area contributed by atoms with Gasteiger partial charge in [0.25, 0.3) is 0 Å². The van der Waals surface area contributed by atoms with Gasteiger partial charge in [0.2, 0.25) is 0 Å². The van der Waals surface area contributed by atoms with Gasteiger partial charge in [-0.3, -0.25) is 0 Å². The average Bonchev–Trinajstić information content (AvgIpc) is 3.56. The predicted molar refractivity (Wildman–Crippen MR) is 145 cm³/mol. The normalized spacial score (nSPS) is 16.6. The van der Waals surface area contributed by atoms with Crippen molar-refractivity contribution in [2.24, 2.45) is 0 Å². The van der Waals surface area contributed by atoms with Crippen molar-refractivity contribution in [1.82, 2.24) is 10.1 Å². The molecule has 3 heterocycles. The highest BCUT2D eigenvalue weighted by molar-refractivity contribution is 7.22. The fourth-order valence-electron chi connectivity index (χ4n) is 5.08. The Balaban J connectivity index is 1.13. The van der Waals surface area contributed by atoms with Crippen LogP contribution in [0.4, 0.5) is 18.3 Å². The molecule has 11 heteroatoms. The Hall–Kier alpha value is -3.44. The second-order valence-electron chi connectivity index (χ2n) is 10.1. The van der Waals surface area contributed by atoms with Gasteiger partial charge in [0.1, 0.15) is 11.5 Å². The molecule has 0 bridgehead atoms. The standard InChI is InChI=1S/C29H28F3N3O4S/c1-2-37-27(36)18-9-10-23-24(15-18)40-28(33-23)35-13-11-19(12-14-35)38-16-21-25(34-39-26(21)17-7-8-17)20-5-3-4-6-22(20)29(30,31)32/h3-6,9-10,15,17,19H,2,7-8,11-14,16H2,1H3. The summed E-state index contributed by atoms with van der Waals surface area (Å²) in [7, 11) is 0. The zero-order valence-electron chi connectivity index (χ0n) is 21.9. The van der Waals surface area contributed by atoms with E-state index in [4.69, 9.17) is 19.0 Å². The summed E-state index contributed by atoms with van der Waals surface area (Å²) in [5.41, 5.74) is 1.45. The van der Waals surface area contributed by atoms with Crippen molar-refractivity contribution in [3.8, 4) is 11.3 Å². The van der Waals surface area contributed by atoms with Gasteiger partial charge in [-0.05, 0) is 56.9 Å². The van der Waals surface area contributed by atoms with Crippen LogP contribution in [0.15, 0.2) is 47.0 Å². The first-order chi connectivity index (χ1) is 19.3. The molecular weight excluding hydrogens is 543 g/mol. The number of hydrogen-bond donors (Lipinski definition) is 0. The lowest BCUT2D eigenvalue weighted by molar-refractivity contribution is -0.137. The molecule has 210 valence electrons. The maximum Gasteiger partial charge on any atom is 0.417 e. The van der Waals surface area contributed by atoms with Crippen molar-refractivity contribution in [3.63, 3.8) is 0 Å². The van der Waals surface area contributed by atoms with Crippen LogP contribution in [0.3, 0.4) is 0 Å². The molecule has 0 unspecified atom stereocenters. The van der Waals surface area contributed by atoms with E-state index >= 15 is 0 Å². The molecule has 1 saturated carbocycles. The van der Waals surface area contributed by atoms with E-state index in [0.717, 1.165) is 60.2 Å². The number of ether oxygens (including phenoxy) is 2. The van der Waals surface area contributed by atoms with Crippen LogP contribution < -0.4 is 4.90 Å². The molecule has 1 aliphatic heterocycles. The monoisotopic (exact) mass is 571 g/mol. The third-order valence-electron chi connectivity index (χ3n) is 7.32. The third kappa shape index (κ3) is 5.44. The number of benzene rings is 2. The molecule has 1 aliphatic carbocycles. The fourth-order valence-corrected chi connectivity index (χ4v) is 6.14. The fraction of sp³-hybridized carbons (Fsp3) is 0.414. The number of carbonyl (C=O) groups is 1. The van der Waals surface area contributed by atoms with Gasteiger partial charge in [-0.25, -0.2) is 9.78 Å². The van der Waals surface area contributed by atoms with Gasteiger partial charge in [-0.1, -0.05) is 34.7 Å². The molecule has 2 fully saturated rings. The Morgan fingerprint density at radius 2 is 1.90 bits per heavy atom. The summed E-state index contributed by atoms with van der Waals surface area (Å²) in [5, 5.41) is 4.97. The van der Waals surface area contributed by atoms with Crippen molar-refractivity contribution >= 4 is 32.7 Å². The number of nitrogens with zero attached hydrogens (tertiary/aromatic N) is 3. The molecule has 2 aromatic heterocycles. The van der Waals surface area contributed by atoms with Crippen LogP contribution in [0, 0.1) is 0 Å². The van der Waals surface area contributed by atoms with E-state index in [1.165, 1.54) is 23.5 Å². The summed E-state index contributed by atoms with van der Waals surface area (Å²) in [6.07, 6.45) is -1.17. The largest absolute Gasteiger partial charge is 0.462 e. The van der Waals surface area contributed by atoms with Crippen molar-refractivity contribution in [1.29, 1.82) is 0 Å². The molecule has 2 aliphatic rings. The maximum atomic E-state index is 13.7. The van der Waals surface area contributed by atoms with E-state index < -0.39 is 11.7 Å². The summed E-state index contributed by atoms with van der Waals surface area (Å²) >= 11 is 1.53. The second-order valence-corrected chi connectivity index (χ2v) is 11.1. The Morgan fingerprint density at radius 3 is 2.62 bits per heavy atom. The summed E-state index contributed by atoms with van der Waals surface area (Å²) in [6, 6.07) is 10.8. The van der Waals surface area contributed by atoms with Crippen molar-refractivity contribution in [2.45, 2.75) is 57.4 Å². The first-order valence-corrected chi connectivity index (χ1v) is 14.2. The van der Waals surface area contributed by atoms with Gasteiger partial charge >= 0.3 is 12.1 Å². The number of halogens is 3. The van der Waals surface area contributed by atoms with Crippen molar-refractivity contribution in [2.75, 3.05) is 24.6 Å². The Morgan fingerprint density at radius 1 is 1.12 bits per heavy atom. The molecule has 6 rings (SSSR count). The predicted octanol–water partition coefficient (Wildman–Crippen LogP) is 7.21. The second kappa shape index (κ2) is 10.9. The zero-order valence-corrected chi connectivity index (χ0v) is 22.7. The summed E-state index contributed by atoms with van der Waals surface area (Å²) in [6.45, 7) is 3.72. The number of carbonyl (C=O) groups excluding carboxylic acids is 1. The minimum Gasteiger partial charge on any atom is -0.462 e. The number of aromatic nitrogens is 2. The number of fused-ring (bicyclic) bond motifs is 1. The molecule has 0 spiro atoms. The van der Waals surface area contributed by atoms with Crippen LogP contribution in [0.25, 0.3) is 21.5 Å². The van der Waals surface area contributed by atoms with Gasteiger partial charge in [-0.15, -0.1) is 0 Å². The molecule has 0 atom stereocenters. The quantitative estimate of drug-likeness (QED) is 0.207. The number of rotatable bonds is 8. The minimum atomic E-state index is -4.50. The zero-order chi connectivity index (χ0) is 27.9. The van der Waals surface area contributed by atoms with E-state index in [0.29, 0.717) is 23.5 Å². The highest BCUT2D eigenvalue weighted by Gasteiger charge is 2.38. The lowest BCUT2D eigenvalue weighted by atomic mass is 9.99. The summed E-state index contributed by atoms with van der Waals surface area (Å²) < 4.78 is 59.1. The number of anilines is 1. The van der Waals surface area contributed by atoms with Crippen LogP contribution in [-0.2, 0) is 22.3 Å². The highest BCUT2D eigenvalue weighted by Crippen LogP contribution is 2.46. The van der Waals surface area contributed by atoms with Crippen molar-refractivity contribution in [3.05, 3.63) is 64.9 Å². The molecule has 7 nitrogen and oxygen atoms in total. The van der Waals surface area contributed by atoms with Gasteiger partial charge in [0.15, 0.2) is 5.13 Å². The van der Waals surface area contributed by atoms with E-state index in [-0.39, 0.29) is 35.9 Å². The molecule has 0 radical (unpaired) electrons. The lowest BCUT2D eigenvalue weighted by Gasteiger charge is -2.31. The van der Waals surface area contributed by atoms with E-state index in [2.05, 4.69) is 10.1 Å². The number of piperidine rings is 1. The lowest BCUT2D eigenvalue weighted by Crippen LogP contribution is -2.37. The van der Waals surface area contributed by atoms with Gasteiger partial charge < -0.3 is 18.9 Å². The Kier molecular flexibility index (Phi) is 7.26. The van der Waals surface area contributed by atoms with Crippen LogP contribution in [0.2, 0.25) is 0 Å². The maximum absolute atomic E-state index is 13.7. The molecule has 4 aromatic rings. The molecule has 0 amide bonds. The molecule has 40 heavy (non-hydrogen) atoms. The molecular formula is C29H28F3N3O4S. The van der Waals surface area contributed by atoms with Gasteiger partial charge in [0.05, 0.1) is 40.7 Å². The number of thiazole rings is 1. The number of alkyl halides is 3. The Bertz CT molecular complexity index is 1520. The number of esters is 1. The summed E-state index contributed by atoms with van der Waals surface area (Å²) in [4.78, 5) is 19.0. The van der Waals surface area contributed by atoms with E-state index in [1.807, 2.05) is 12.1 Å². The van der Waals surface area contributed by atoms with Gasteiger partial charge in [0, 0.05) is 30.1 Å². The van der Waals surface area contributed by atoms with E-state index in [1.54, 1.807) is 19.1 Å². The Labute approximate surface area is 232 Å². The van der Waals surface area contributed by atoms with Crippen molar-refractivity contribution < 1.29 is 32.0 Å². The molecule has 1 saturated heterocycles. The smallest absolute Gasteiger partial charge is 0.417 e. The van der Waals surface area contributed by atoms with Crippen LogP contribution in [0.5, 0.6) is 0 Å². The first kappa shape index (κ1) is 26.8. The highest BCUT2D eigenvalue weighted by atomic mass is 32.1. The van der Waals surface area contributed by atoms with E-state index in [9.17, 15) is 18.0 Å². The third-order valence-corrected chi connectivity index (χ3v) is 8.40. The van der Waals surface area contributed by atoms with Crippen LogP contribution in [0.1, 0.15) is 65.8 Å². The molecule has 0 N–H and O–H groups in total. The van der Waals surface area contributed by atoms with Crippen LogP contribution in [-0.4, -0.2) is 41.9 Å². The first-order valence-electron chi connectivity index (χ1n) is 13.4. The number of hydrogen-bond acceptors (Lipinski definition) is 8. The van der Waals surface area contributed by atoms with Crippen LogP contribution >= 0.6 is 11.3 Å². The SMILES string of the molecule is CCOC(=O)c1ccc2nc(N3CCC(OCc4c(-c5ccccc5C(F)(F)F)noc4C4CC4)CC3)sc2c1. The van der Waals surface area contributed by atoms with Gasteiger partial charge in [-0.2, -0.15) is 13.2 Å². The minimum absolute atomic E-state index is 0.0148. The summed E-state index contributed by atoms with van der Waals surface area (Å²) in [5.74, 6) is 0.476. The molecule has 2 aromatic carbocycles.